The van der Waals surface area contributed by atoms with Gasteiger partial charge in [0.05, 0.1) is 11.9 Å². The molecule has 2 aromatic rings. The first-order chi connectivity index (χ1) is 8.60. The van der Waals surface area contributed by atoms with E-state index in [-0.39, 0.29) is 5.82 Å². The van der Waals surface area contributed by atoms with Crippen LogP contribution in [-0.4, -0.2) is 9.55 Å². The van der Waals surface area contributed by atoms with Crippen LogP contribution in [0, 0.1) is 5.92 Å². The maximum absolute atomic E-state index is 14.0. The first-order valence-electron chi connectivity index (χ1n) is 6.06. The fraction of sp³-hybridized carbons (Fsp3) is 0.357. The Bertz CT molecular complexity index is 556. The van der Waals surface area contributed by atoms with Crippen LogP contribution in [-0.2, 0) is 13.0 Å². The summed E-state index contributed by atoms with van der Waals surface area (Å²) in [5, 5.41) is 0. The molecule has 4 heteroatoms. The lowest BCUT2D eigenvalue weighted by Crippen LogP contribution is -2.21. The molecule has 2 nitrogen and oxygen atoms in total. The molecule has 0 spiro atoms. The summed E-state index contributed by atoms with van der Waals surface area (Å²) in [6.07, 6.45) is 2.72. The third-order valence-electron chi connectivity index (χ3n) is 3.45. The molecule has 0 amide bonds. The molecule has 1 heterocycles. The summed E-state index contributed by atoms with van der Waals surface area (Å²) in [5.74, 6) is -3.45. The van der Waals surface area contributed by atoms with Crippen LogP contribution < -0.4 is 0 Å². The highest BCUT2D eigenvalue weighted by Gasteiger charge is 2.50. The zero-order chi connectivity index (χ0) is 12.8. The Hall–Kier alpha value is -1.71. The van der Waals surface area contributed by atoms with Crippen LogP contribution in [0.4, 0.5) is 8.78 Å². The topological polar surface area (TPSA) is 17.8 Å². The summed E-state index contributed by atoms with van der Waals surface area (Å²) in [6.45, 7) is 0. The van der Waals surface area contributed by atoms with Crippen molar-refractivity contribution in [1.82, 2.24) is 9.55 Å². The molecule has 1 aromatic heterocycles. The van der Waals surface area contributed by atoms with E-state index in [4.69, 9.17) is 0 Å². The number of imidazole rings is 1. The average molecular weight is 248 g/mol. The van der Waals surface area contributed by atoms with E-state index in [9.17, 15) is 8.78 Å². The maximum Gasteiger partial charge on any atom is 0.307 e. The van der Waals surface area contributed by atoms with Crippen molar-refractivity contribution >= 4 is 0 Å². The van der Waals surface area contributed by atoms with Crippen molar-refractivity contribution in [2.75, 3.05) is 0 Å². The SMILES string of the molecule is Cn1c(-c2ccccc2)cnc1C(F)(F)C1CC1. The van der Waals surface area contributed by atoms with Crippen molar-refractivity contribution in [2.24, 2.45) is 13.0 Å². The van der Waals surface area contributed by atoms with Gasteiger partial charge in [0, 0.05) is 13.0 Å². The molecule has 18 heavy (non-hydrogen) atoms. The summed E-state index contributed by atoms with van der Waals surface area (Å²) in [7, 11) is 1.65. The summed E-state index contributed by atoms with van der Waals surface area (Å²) in [4.78, 5) is 3.94. The quantitative estimate of drug-likeness (QED) is 0.811. The Labute approximate surface area is 104 Å². The van der Waals surface area contributed by atoms with Gasteiger partial charge in [-0.15, -0.1) is 0 Å². The molecule has 0 atom stereocenters. The number of rotatable bonds is 3. The molecular formula is C14H14F2N2. The summed E-state index contributed by atoms with van der Waals surface area (Å²) in [6, 6.07) is 9.48. The third-order valence-corrected chi connectivity index (χ3v) is 3.45. The standard InChI is InChI=1S/C14H14F2N2/c1-18-12(10-5-3-2-4-6-10)9-17-13(18)14(15,16)11-7-8-11/h2-6,9,11H,7-8H2,1H3. The van der Waals surface area contributed by atoms with Crippen molar-refractivity contribution in [3.05, 3.63) is 42.4 Å². The maximum atomic E-state index is 14.0. The fourth-order valence-corrected chi connectivity index (χ4v) is 2.22. The van der Waals surface area contributed by atoms with Crippen LogP contribution in [0.5, 0.6) is 0 Å². The number of hydrogen-bond acceptors (Lipinski definition) is 1. The van der Waals surface area contributed by atoms with Gasteiger partial charge in [-0.2, -0.15) is 8.78 Å². The van der Waals surface area contributed by atoms with E-state index in [0.29, 0.717) is 12.8 Å². The van der Waals surface area contributed by atoms with Crippen molar-refractivity contribution < 1.29 is 8.78 Å². The van der Waals surface area contributed by atoms with Gasteiger partial charge in [0.1, 0.15) is 0 Å². The van der Waals surface area contributed by atoms with Crippen LogP contribution >= 0.6 is 0 Å². The normalized spacial score (nSPS) is 15.9. The Balaban J connectivity index is 2.03. The Kier molecular flexibility index (Phi) is 2.47. The fourth-order valence-electron chi connectivity index (χ4n) is 2.22. The molecule has 0 unspecified atom stereocenters. The van der Waals surface area contributed by atoms with Gasteiger partial charge in [-0.25, -0.2) is 4.98 Å². The number of nitrogens with zero attached hydrogens (tertiary/aromatic N) is 2. The van der Waals surface area contributed by atoms with E-state index in [1.165, 1.54) is 10.8 Å². The zero-order valence-corrected chi connectivity index (χ0v) is 10.1. The van der Waals surface area contributed by atoms with Crippen LogP contribution in [0.1, 0.15) is 18.7 Å². The smallest absolute Gasteiger partial charge is 0.307 e. The van der Waals surface area contributed by atoms with Crippen LogP contribution in [0.15, 0.2) is 36.5 Å². The summed E-state index contributed by atoms with van der Waals surface area (Å²) in [5.41, 5.74) is 1.64. The Morgan fingerprint density at radius 1 is 1.22 bits per heavy atom. The highest BCUT2D eigenvalue weighted by Crippen LogP contribution is 2.49. The molecule has 1 saturated carbocycles. The van der Waals surface area contributed by atoms with Gasteiger partial charge in [0.2, 0.25) is 0 Å². The van der Waals surface area contributed by atoms with Gasteiger partial charge >= 0.3 is 5.92 Å². The van der Waals surface area contributed by atoms with Gasteiger partial charge in [0.25, 0.3) is 0 Å². The number of hydrogen-bond donors (Lipinski definition) is 0. The largest absolute Gasteiger partial charge is 0.326 e. The Morgan fingerprint density at radius 3 is 2.50 bits per heavy atom. The van der Waals surface area contributed by atoms with Crippen molar-refractivity contribution in [2.45, 2.75) is 18.8 Å². The van der Waals surface area contributed by atoms with Crippen molar-refractivity contribution in [1.29, 1.82) is 0 Å². The molecular weight excluding hydrogens is 234 g/mol. The molecule has 1 aromatic carbocycles. The minimum Gasteiger partial charge on any atom is -0.326 e. The molecule has 0 bridgehead atoms. The third kappa shape index (κ3) is 1.72. The van der Waals surface area contributed by atoms with Crippen LogP contribution in [0.25, 0.3) is 11.3 Å². The highest BCUT2D eigenvalue weighted by atomic mass is 19.3. The van der Waals surface area contributed by atoms with E-state index in [1.807, 2.05) is 30.3 Å². The molecule has 0 radical (unpaired) electrons. The van der Waals surface area contributed by atoms with Gasteiger partial charge in [0.15, 0.2) is 5.82 Å². The number of benzene rings is 1. The van der Waals surface area contributed by atoms with E-state index in [0.717, 1.165) is 11.3 Å². The molecule has 1 fully saturated rings. The second-order valence-corrected chi connectivity index (χ2v) is 4.79. The second-order valence-electron chi connectivity index (χ2n) is 4.79. The van der Waals surface area contributed by atoms with E-state index in [2.05, 4.69) is 4.98 Å². The number of alkyl halides is 2. The predicted molar refractivity (Wildman–Crippen MR) is 65.3 cm³/mol. The van der Waals surface area contributed by atoms with Crippen molar-refractivity contribution in [3.8, 4) is 11.3 Å². The van der Waals surface area contributed by atoms with E-state index in [1.54, 1.807) is 7.05 Å². The predicted octanol–water partition coefficient (Wildman–Crippen LogP) is 3.59. The van der Waals surface area contributed by atoms with Crippen LogP contribution in [0.3, 0.4) is 0 Å². The van der Waals surface area contributed by atoms with Crippen molar-refractivity contribution in [3.63, 3.8) is 0 Å². The van der Waals surface area contributed by atoms with Gasteiger partial charge < -0.3 is 4.57 Å². The molecule has 1 aliphatic rings. The summed E-state index contributed by atoms with van der Waals surface area (Å²) >= 11 is 0. The highest BCUT2D eigenvalue weighted by molar-refractivity contribution is 5.59. The molecule has 94 valence electrons. The molecule has 0 aliphatic heterocycles. The number of aromatic nitrogens is 2. The minimum atomic E-state index is -2.80. The zero-order valence-electron chi connectivity index (χ0n) is 10.1. The molecule has 0 saturated heterocycles. The molecule has 3 rings (SSSR count). The lowest BCUT2D eigenvalue weighted by molar-refractivity contribution is -0.0397. The lowest BCUT2D eigenvalue weighted by atomic mass is 10.1. The van der Waals surface area contributed by atoms with E-state index >= 15 is 0 Å². The van der Waals surface area contributed by atoms with Gasteiger partial charge in [-0.3, -0.25) is 0 Å². The molecule has 0 N–H and O–H groups in total. The first-order valence-corrected chi connectivity index (χ1v) is 6.06. The van der Waals surface area contributed by atoms with Crippen LogP contribution in [0.2, 0.25) is 0 Å². The first kappa shape index (κ1) is 11.4. The van der Waals surface area contributed by atoms with E-state index < -0.39 is 11.8 Å². The number of halogens is 2. The average Bonchev–Trinajstić information content (AvgIpc) is 3.14. The van der Waals surface area contributed by atoms with Gasteiger partial charge in [-0.1, -0.05) is 30.3 Å². The lowest BCUT2D eigenvalue weighted by Gasteiger charge is -2.15. The monoisotopic (exact) mass is 248 g/mol. The Morgan fingerprint density at radius 2 is 1.89 bits per heavy atom. The molecule has 1 aliphatic carbocycles. The second kappa shape index (κ2) is 3.90. The summed E-state index contributed by atoms with van der Waals surface area (Å²) < 4.78 is 29.6. The van der Waals surface area contributed by atoms with Gasteiger partial charge in [-0.05, 0) is 18.4 Å². The minimum absolute atomic E-state index is 0.121.